The van der Waals surface area contributed by atoms with Gasteiger partial charge in [-0.1, -0.05) is 0 Å². The van der Waals surface area contributed by atoms with Gasteiger partial charge >= 0.3 is 6.09 Å². The predicted octanol–water partition coefficient (Wildman–Crippen LogP) is 0.00970. The molecule has 0 aliphatic heterocycles. The summed E-state index contributed by atoms with van der Waals surface area (Å²) in [4.78, 5) is 22.2. The standard InChI is InChI=1S/C10H20N2O4/c1-10(2,3)16-9(15)12-5-4-8(14)11-6-7-13/h13H,4-7H2,1-3H3,(H,11,14)(H,12,15). The van der Waals surface area contributed by atoms with E-state index in [4.69, 9.17) is 9.84 Å². The van der Waals surface area contributed by atoms with E-state index < -0.39 is 11.7 Å². The molecule has 0 spiro atoms. The van der Waals surface area contributed by atoms with E-state index in [2.05, 4.69) is 10.6 Å². The molecule has 0 bridgehead atoms. The molecule has 6 nitrogen and oxygen atoms in total. The normalized spacial score (nSPS) is 10.8. The summed E-state index contributed by atoms with van der Waals surface area (Å²) in [5.41, 5.74) is -0.538. The highest BCUT2D eigenvalue weighted by atomic mass is 16.6. The minimum Gasteiger partial charge on any atom is -0.444 e. The van der Waals surface area contributed by atoms with Crippen molar-refractivity contribution in [3.8, 4) is 0 Å². The molecule has 0 unspecified atom stereocenters. The van der Waals surface area contributed by atoms with Crippen LogP contribution in [0.2, 0.25) is 0 Å². The zero-order valence-corrected chi connectivity index (χ0v) is 10.0. The number of carbonyl (C=O) groups excluding carboxylic acids is 2. The molecule has 0 aromatic carbocycles. The van der Waals surface area contributed by atoms with E-state index in [1.807, 2.05) is 0 Å². The number of hydrogen-bond acceptors (Lipinski definition) is 4. The second-order valence-corrected chi connectivity index (χ2v) is 4.25. The summed E-state index contributed by atoms with van der Waals surface area (Å²) in [7, 11) is 0. The summed E-state index contributed by atoms with van der Waals surface area (Å²) in [5, 5.41) is 13.4. The number of amides is 2. The number of carbonyl (C=O) groups is 2. The number of ether oxygens (including phenoxy) is 1. The number of hydrogen-bond donors (Lipinski definition) is 3. The quantitative estimate of drug-likeness (QED) is 0.623. The largest absolute Gasteiger partial charge is 0.444 e. The lowest BCUT2D eigenvalue weighted by Crippen LogP contribution is -2.35. The van der Waals surface area contributed by atoms with Gasteiger partial charge in [0.25, 0.3) is 0 Å². The molecular weight excluding hydrogens is 212 g/mol. The van der Waals surface area contributed by atoms with Crippen LogP contribution in [-0.2, 0) is 9.53 Å². The van der Waals surface area contributed by atoms with Crippen LogP contribution in [0.25, 0.3) is 0 Å². The zero-order valence-electron chi connectivity index (χ0n) is 10.0. The minimum atomic E-state index is -0.539. The molecule has 0 heterocycles. The first kappa shape index (κ1) is 14.7. The summed E-state index contributed by atoms with van der Waals surface area (Å²) in [6.07, 6.45) is -0.373. The van der Waals surface area contributed by atoms with Crippen molar-refractivity contribution in [2.24, 2.45) is 0 Å². The summed E-state index contributed by atoms with van der Waals surface area (Å²) >= 11 is 0. The van der Waals surface area contributed by atoms with Gasteiger partial charge in [-0.15, -0.1) is 0 Å². The van der Waals surface area contributed by atoms with Gasteiger partial charge in [0.2, 0.25) is 5.91 Å². The van der Waals surface area contributed by atoms with Gasteiger partial charge in [-0.2, -0.15) is 0 Å². The van der Waals surface area contributed by atoms with Crippen molar-refractivity contribution in [3.05, 3.63) is 0 Å². The Morgan fingerprint density at radius 3 is 2.31 bits per heavy atom. The summed E-state index contributed by atoms with van der Waals surface area (Å²) in [6.45, 7) is 5.64. The lowest BCUT2D eigenvalue weighted by atomic mass is 10.2. The number of alkyl carbamates (subject to hydrolysis) is 1. The monoisotopic (exact) mass is 232 g/mol. The number of aliphatic hydroxyl groups excluding tert-OH is 1. The topological polar surface area (TPSA) is 87.7 Å². The molecule has 0 radical (unpaired) electrons. The second kappa shape index (κ2) is 7.05. The maximum absolute atomic E-state index is 11.1. The van der Waals surface area contributed by atoms with Crippen LogP contribution in [0.1, 0.15) is 27.2 Å². The van der Waals surface area contributed by atoms with Crippen molar-refractivity contribution in [2.75, 3.05) is 19.7 Å². The highest BCUT2D eigenvalue weighted by molar-refractivity contribution is 5.76. The summed E-state index contributed by atoms with van der Waals surface area (Å²) in [6, 6.07) is 0. The Bertz CT molecular complexity index is 235. The van der Waals surface area contributed by atoms with Gasteiger partial charge in [0.15, 0.2) is 0 Å². The van der Waals surface area contributed by atoms with Crippen molar-refractivity contribution in [1.29, 1.82) is 0 Å². The van der Waals surface area contributed by atoms with Gasteiger partial charge in [-0.05, 0) is 20.8 Å². The fourth-order valence-corrected chi connectivity index (χ4v) is 0.876. The highest BCUT2D eigenvalue weighted by Gasteiger charge is 2.15. The molecule has 0 aromatic heterocycles. The fourth-order valence-electron chi connectivity index (χ4n) is 0.876. The molecule has 16 heavy (non-hydrogen) atoms. The molecule has 0 saturated heterocycles. The van der Waals surface area contributed by atoms with Crippen LogP contribution in [0.3, 0.4) is 0 Å². The summed E-state index contributed by atoms with van der Waals surface area (Å²) in [5.74, 6) is -0.217. The van der Waals surface area contributed by atoms with Crippen LogP contribution in [0, 0.1) is 0 Å². The first-order chi connectivity index (χ1) is 7.35. The lowest BCUT2D eigenvalue weighted by molar-refractivity contribution is -0.121. The highest BCUT2D eigenvalue weighted by Crippen LogP contribution is 2.06. The SMILES string of the molecule is CC(C)(C)OC(=O)NCCC(=O)NCCO. The van der Waals surface area contributed by atoms with Gasteiger partial charge in [0, 0.05) is 19.5 Å². The smallest absolute Gasteiger partial charge is 0.407 e. The molecule has 0 atom stereocenters. The van der Waals surface area contributed by atoms with E-state index in [1.54, 1.807) is 20.8 Å². The van der Waals surface area contributed by atoms with Crippen LogP contribution in [0.15, 0.2) is 0 Å². The minimum absolute atomic E-state index is 0.0920. The molecular formula is C10H20N2O4. The third-order valence-corrected chi connectivity index (χ3v) is 1.45. The Morgan fingerprint density at radius 2 is 1.81 bits per heavy atom. The van der Waals surface area contributed by atoms with E-state index in [0.717, 1.165) is 0 Å². The molecule has 0 rings (SSSR count). The third kappa shape index (κ3) is 9.26. The fraction of sp³-hybridized carbons (Fsp3) is 0.800. The maximum atomic E-state index is 11.1. The molecule has 94 valence electrons. The van der Waals surface area contributed by atoms with Crippen molar-refractivity contribution in [2.45, 2.75) is 32.8 Å². The number of aliphatic hydroxyl groups is 1. The van der Waals surface area contributed by atoms with Crippen molar-refractivity contribution in [3.63, 3.8) is 0 Å². The van der Waals surface area contributed by atoms with Crippen LogP contribution >= 0.6 is 0 Å². The van der Waals surface area contributed by atoms with Crippen molar-refractivity contribution in [1.82, 2.24) is 10.6 Å². The molecule has 0 aliphatic rings. The van der Waals surface area contributed by atoms with Crippen LogP contribution in [0.5, 0.6) is 0 Å². The number of rotatable bonds is 5. The van der Waals surface area contributed by atoms with Crippen molar-refractivity contribution >= 4 is 12.0 Å². The Morgan fingerprint density at radius 1 is 1.19 bits per heavy atom. The van der Waals surface area contributed by atoms with Crippen LogP contribution < -0.4 is 10.6 Å². The molecule has 0 saturated carbocycles. The van der Waals surface area contributed by atoms with Gasteiger partial charge in [0.05, 0.1) is 6.61 Å². The molecule has 0 fully saturated rings. The average Bonchev–Trinajstić information content (AvgIpc) is 2.11. The van der Waals surface area contributed by atoms with Crippen molar-refractivity contribution < 1.29 is 19.4 Å². The van der Waals surface area contributed by atoms with E-state index in [0.29, 0.717) is 0 Å². The van der Waals surface area contributed by atoms with Gasteiger partial charge in [0.1, 0.15) is 5.60 Å². The Balaban J connectivity index is 3.58. The first-order valence-corrected chi connectivity index (χ1v) is 5.19. The first-order valence-electron chi connectivity index (χ1n) is 5.19. The molecule has 3 N–H and O–H groups in total. The van der Waals surface area contributed by atoms with Crippen LogP contribution in [0.4, 0.5) is 4.79 Å². The maximum Gasteiger partial charge on any atom is 0.407 e. The molecule has 6 heteroatoms. The third-order valence-electron chi connectivity index (χ3n) is 1.45. The molecule has 0 aliphatic carbocycles. The van der Waals surface area contributed by atoms with Gasteiger partial charge in [-0.25, -0.2) is 4.79 Å². The number of nitrogens with one attached hydrogen (secondary N) is 2. The Labute approximate surface area is 95.4 Å². The second-order valence-electron chi connectivity index (χ2n) is 4.25. The molecule has 2 amide bonds. The Hall–Kier alpha value is -1.30. The van der Waals surface area contributed by atoms with Crippen LogP contribution in [-0.4, -0.2) is 42.4 Å². The van der Waals surface area contributed by atoms with E-state index in [9.17, 15) is 9.59 Å². The summed E-state index contributed by atoms with van der Waals surface area (Å²) < 4.78 is 4.98. The van der Waals surface area contributed by atoms with E-state index >= 15 is 0 Å². The average molecular weight is 232 g/mol. The van der Waals surface area contributed by atoms with E-state index in [1.165, 1.54) is 0 Å². The van der Waals surface area contributed by atoms with Gasteiger partial charge < -0.3 is 20.5 Å². The van der Waals surface area contributed by atoms with Gasteiger partial charge in [-0.3, -0.25) is 4.79 Å². The Kier molecular flexibility index (Phi) is 6.48. The molecule has 0 aromatic rings. The zero-order chi connectivity index (χ0) is 12.6. The lowest BCUT2D eigenvalue weighted by Gasteiger charge is -2.19. The van der Waals surface area contributed by atoms with E-state index in [-0.39, 0.29) is 32.0 Å². The predicted molar refractivity (Wildman–Crippen MR) is 58.9 cm³/mol.